The zero-order valence-corrected chi connectivity index (χ0v) is 14.4. The molecule has 0 bridgehead atoms. The Morgan fingerprint density at radius 2 is 1.92 bits per heavy atom. The van der Waals surface area contributed by atoms with E-state index < -0.39 is 11.8 Å². The van der Waals surface area contributed by atoms with E-state index in [-0.39, 0.29) is 12.6 Å². The molecule has 1 aromatic rings. The van der Waals surface area contributed by atoms with Crippen molar-refractivity contribution in [3.8, 4) is 11.5 Å². The minimum atomic E-state index is -0.581. The maximum Gasteiger partial charge on any atom is 0.311 e. The summed E-state index contributed by atoms with van der Waals surface area (Å²) in [5, 5.41) is 2.66. The second-order valence-corrected chi connectivity index (χ2v) is 5.85. The zero-order chi connectivity index (χ0) is 17.4. The summed E-state index contributed by atoms with van der Waals surface area (Å²) in [5.41, 5.74) is 0. The number of nitrogens with zero attached hydrogens (tertiary/aromatic N) is 1. The van der Waals surface area contributed by atoms with E-state index in [1.54, 1.807) is 4.90 Å². The summed E-state index contributed by atoms with van der Waals surface area (Å²) in [4.78, 5) is 26.0. The molecule has 0 aromatic heterocycles. The largest absolute Gasteiger partial charge is 0.486 e. The number of amides is 2. The van der Waals surface area contributed by atoms with Gasteiger partial charge in [0.25, 0.3) is 0 Å². The molecule has 0 radical (unpaired) electrons. The molecule has 1 aromatic carbocycles. The number of carbonyl (C=O) groups is 2. The lowest BCUT2D eigenvalue weighted by Crippen LogP contribution is -2.47. The minimum Gasteiger partial charge on any atom is -0.486 e. The average molecular weight is 334 g/mol. The normalized spacial score (nSPS) is 15.7. The van der Waals surface area contributed by atoms with Gasteiger partial charge in [0.05, 0.1) is 6.54 Å². The summed E-state index contributed by atoms with van der Waals surface area (Å²) in [5.74, 6) is 0.305. The van der Waals surface area contributed by atoms with Crippen molar-refractivity contribution >= 4 is 11.8 Å². The molecule has 0 saturated heterocycles. The summed E-state index contributed by atoms with van der Waals surface area (Å²) in [7, 11) is 0. The molecule has 1 atom stereocenters. The van der Waals surface area contributed by atoms with E-state index in [1.807, 2.05) is 31.2 Å². The van der Waals surface area contributed by atoms with Crippen molar-refractivity contribution in [3.63, 3.8) is 0 Å². The van der Waals surface area contributed by atoms with Crippen LogP contribution in [0.2, 0.25) is 0 Å². The Bertz CT molecular complexity index is 562. The van der Waals surface area contributed by atoms with E-state index in [2.05, 4.69) is 12.2 Å². The number of carbonyl (C=O) groups excluding carboxylic acids is 2. The number of hydrogen-bond donors (Lipinski definition) is 1. The van der Waals surface area contributed by atoms with Crippen molar-refractivity contribution in [2.75, 3.05) is 26.2 Å². The third kappa shape index (κ3) is 4.88. The first-order valence-electron chi connectivity index (χ1n) is 8.61. The molecular formula is C18H26N2O4. The van der Waals surface area contributed by atoms with E-state index in [9.17, 15) is 9.59 Å². The molecule has 1 heterocycles. The van der Waals surface area contributed by atoms with E-state index in [1.165, 1.54) is 0 Å². The standard InChI is InChI=1S/C18H26N2O4/c1-3-5-11-20(10-4-2)18(22)17(21)19-12-14-13-23-15-8-6-7-9-16(15)24-14/h6-9,14H,3-5,10-13H2,1-2H3,(H,19,21). The summed E-state index contributed by atoms with van der Waals surface area (Å²) >= 11 is 0. The first-order chi connectivity index (χ1) is 11.7. The van der Waals surface area contributed by atoms with E-state index in [0.717, 1.165) is 19.3 Å². The molecule has 132 valence electrons. The monoisotopic (exact) mass is 334 g/mol. The van der Waals surface area contributed by atoms with Gasteiger partial charge in [-0.25, -0.2) is 0 Å². The maximum absolute atomic E-state index is 12.3. The second kappa shape index (κ2) is 9.15. The Morgan fingerprint density at radius 3 is 2.62 bits per heavy atom. The van der Waals surface area contributed by atoms with Gasteiger partial charge in [-0.15, -0.1) is 0 Å². The molecule has 1 N–H and O–H groups in total. The fourth-order valence-corrected chi connectivity index (χ4v) is 2.52. The number of nitrogens with one attached hydrogen (secondary N) is 1. The molecule has 6 nitrogen and oxygen atoms in total. The van der Waals surface area contributed by atoms with Crippen molar-refractivity contribution in [1.82, 2.24) is 10.2 Å². The number of rotatable bonds is 7. The third-order valence-electron chi connectivity index (χ3n) is 3.81. The third-order valence-corrected chi connectivity index (χ3v) is 3.81. The molecule has 1 aliphatic heterocycles. The van der Waals surface area contributed by atoms with Crippen molar-refractivity contribution < 1.29 is 19.1 Å². The number of unbranched alkanes of at least 4 members (excludes halogenated alkanes) is 1. The Labute approximate surface area is 143 Å². The Morgan fingerprint density at radius 1 is 1.17 bits per heavy atom. The van der Waals surface area contributed by atoms with E-state index >= 15 is 0 Å². The molecule has 6 heteroatoms. The number of benzene rings is 1. The van der Waals surface area contributed by atoms with Crippen molar-refractivity contribution in [3.05, 3.63) is 24.3 Å². The van der Waals surface area contributed by atoms with Crippen molar-refractivity contribution in [2.45, 2.75) is 39.2 Å². The summed E-state index contributed by atoms with van der Waals surface area (Å²) < 4.78 is 11.4. The van der Waals surface area contributed by atoms with Gasteiger partial charge in [0.2, 0.25) is 0 Å². The van der Waals surface area contributed by atoms with Gasteiger partial charge >= 0.3 is 11.8 Å². The minimum absolute atomic E-state index is 0.243. The summed E-state index contributed by atoms with van der Waals surface area (Å²) in [6.07, 6.45) is 2.42. The van der Waals surface area contributed by atoms with Gasteiger partial charge in [0, 0.05) is 13.1 Å². The topological polar surface area (TPSA) is 67.9 Å². The second-order valence-electron chi connectivity index (χ2n) is 5.85. The zero-order valence-electron chi connectivity index (χ0n) is 14.4. The van der Waals surface area contributed by atoms with Crippen molar-refractivity contribution in [2.24, 2.45) is 0 Å². The molecule has 0 spiro atoms. The molecule has 1 aliphatic rings. The van der Waals surface area contributed by atoms with Gasteiger partial charge in [-0.3, -0.25) is 9.59 Å². The molecular weight excluding hydrogens is 308 g/mol. The highest BCUT2D eigenvalue weighted by Gasteiger charge is 2.24. The average Bonchev–Trinajstić information content (AvgIpc) is 2.62. The van der Waals surface area contributed by atoms with Crippen LogP contribution in [0.5, 0.6) is 11.5 Å². The predicted octanol–water partition coefficient (Wildman–Crippen LogP) is 1.98. The fourth-order valence-electron chi connectivity index (χ4n) is 2.52. The molecule has 2 amide bonds. The van der Waals surface area contributed by atoms with Crippen molar-refractivity contribution in [1.29, 1.82) is 0 Å². The Kier molecular flexibility index (Phi) is 6.90. The molecule has 0 saturated carbocycles. The predicted molar refractivity (Wildman–Crippen MR) is 91.1 cm³/mol. The molecule has 0 aliphatic carbocycles. The van der Waals surface area contributed by atoms with Crippen LogP contribution in [0.1, 0.15) is 33.1 Å². The summed E-state index contributed by atoms with van der Waals surface area (Å²) in [6, 6.07) is 7.40. The van der Waals surface area contributed by atoms with Crippen LogP contribution in [0.15, 0.2) is 24.3 Å². The number of hydrogen-bond acceptors (Lipinski definition) is 4. The van der Waals surface area contributed by atoms with Crippen LogP contribution in [-0.4, -0.2) is 49.1 Å². The van der Waals surface area contributed by atoms with Crippen LogP contribution >= 0.6 is 0 Å². The highest BCUT2D eigenvalue weighted by molar-refractivity contribution is 6.35. The number of ether oxygens (including phenoxy) is 2. The lowest BCUT2D eigenvalue weighted by atomic mass is 10.2. The maximum atomic E-state index is 12.3. The molecule has 1 unspecified atom stereocenters. The van der Waals surface area contributed by atoms with Crippen LogP contribution in [0, 0.1) is 0 Å². The lowest BCUT2D eigenvalue weighted by Gasteiger charge is -2.27. The highest BCUT2D eigenvalue weighted by atomic mass is 16.6. The quantitative estimate of drug-likeness (QED) is 0.774. The molecule has 0 fully saturated rings. The molecule has 24 heavy (non-hydrogen) atoms. The fraction of sp³-hybridized carbons (Fsp3) is 0.556. The van der Waals surface area contributed by atoms with Crippen LogP contribution < -0.4 is 14.8 Å². The lowest BCUT2D eigenvalue weighted by molar-refractivity contribution is -0.146. The Balaban J connectivity index is 1.82. The van der Waals surface area contributed by atoms with Crippen LogP contribution in [-0.2, 0) is 9.59 Å². The first kappa shape index (κ1) is 18.1. The molecule has 2 rings (SSSR count). The smallest absolute Gasteiger partial charge is 0.311 e. The van der Waals surface area contributed by atoms with Crippen LogP contribution in [0.25, 0.3) is 0 Å². The van der Waals surface area contributed by atoms with Gasteiger partial charge in [0.1, 0.15) is 12.7 Å². The first-order valence-corrected chi connectivity index (χ1v) is 8.61. The Hall–Kier alpha value is -2.24. The van der Waals surface area contributed by atoms with Gasteiger partial charge in [0.15, 0.2) is 11.5 Å². The van der Waals surface area contributed by atoms with Crippen LogP contribution in [0.4, 0.5) is 0 Å². The van der Waals surface area contributed by atoms with Gasteiger partial charge in [-0.05, 0) is 25.0 Å². The van der Waals surface area contributed by atoms with Gasteiger partial charge in [-0.2, -0.15) is 0 Å². The summed E-state index contributed by atoms with van der Waals surface area (Å²) in [6.45, 7) is 5.87. The van der Waals surface area contributed by atoms with Crippen LogP contribution in [0.3, 0.4) is 0 Å². The highest BCUT2D eigenvalue weighted by Crippen LogP contribution is 2.30. The number of para-hydroxylation sites is 2. The SMILES string of the molecule is CCCCN(CCC)C(=O)C(=O)NCC1COc2ccccc2O1. The van der Waals surface area contributed by atoms with E-state index in [4.69, 9.17) is 9.47 Å². The van der Waals surface area contributed by atoms with E-state index in [0.29, 0.717) is 31.2 Å². The number of fused-ring (bicyclic) bond motifs is 1. The van der Waals surface area contributed by atoms with Gasteiger partial charge in [-0.1, -0.05) is 32.4 Å². The van der Waals surface area contributed by atoms with Gasteiger partial charge < -0.3 is 19.7 Å².